The molecule has 0 aromatic heterocycles. The molecule has 2 N–H and O–H groups in total. The van der Waals surface area contributed by atoms with E-state index in [4.69, 9.17) is 33.0 Å². The van der Waals surface area contributed by atoms with E-state index in [0.717, 1.165) is 29.8 Å². The van der Waals surface area contributed by atoms with Crippen LogP contribution in [0.3, 0.4) is 0 Å². The van der Waals surface area contributed by atoms with Gasteiger partial charge in [-0.3, -0.25) is 4.79 Å². The van der Waals surface area contributed by atoms with E-state index < -0.39 is 18.5 Å². The van der Waals surface area contributed by atoms with Crippen molar-refractivity contribution in [2.24, 2.45) is 0 Å². The van der Waals surface area contributed by atoms with Gasteiger partial charge in [0.25, 0.3) is 0 Å². The Bertz CT molecular complexity index is 904. The molecule has 1 unspecified atom stereocenters. The molecule has 6 nitrogen and oxygen atoms in total. The van der Waals surface area contributed by atoms with Crippen LogP contribution in [0.4, 0.5) is 5.69 Å². The number of carboxylic acid groups (broad SMARTS) is 1. The van der Waals surface area contributed by atoms with Gasteiger partial charge < -0.3 is 20.1 Å². The lowest BCUT2D eigenvalue weighted by Gasteiger charge is -2.34. The Kier molecular flexibility index (Phi) is 6.57. The lowest BCUT2D eigenvalue weighted by Crippen LogP contribution is -2.32. The van der Waals surface area contributed by atoms with Crippen LogP contribution in [0.1, 0.15) is 22.6 Å². The number of fused-ring (bicyclic) bond motifs is 1. The number of amides is 1. The Morgan fingerprint density at radius 2 is 1.96 bits per heavy atom. The summed E-state index contributed by atoms with van der Waals surface area (Å²) in [6.07, 6.45) is 0. The van der Waals surface area contributed by atoms with Crippen molar-refractivity contribution >= 4 is 40.8 Å². The minimum Gasteiger partial charge on any atom is -0.480 e. The standard InChI is InChI=1S/C20H20Cl2N2O4/c1-24-8-15(14-6-12(21)7-17(22)16(14)9-24)13-4-2-3-5-18(13)23-19(25)10-28-11-20(26)27/h2-7,15H,8-11H2,1H3,(H,23,25)(H,26,27). The fraction of sp³-hybridized carbons (Fsp3) is 0.300. The maximum Gasteiger partial charge on any atom is 0.329 e. The molecule has 0 radical (unpaired) electrons. The average Bonchev–Trinajstić information content (AvgIpc) is 2.62. The van der Waals surface area contributed by atoms with E-state index in [-0.39, 0.29) is 12.5 Å². The first-order valence-corrected chi connectivity index (χ1v) is 9.45. The molecule has 0 bridgehead atoms. The number of halogens is 2. The zero-order valence-corrected chi connectivity index (χ0v) is 16.8. The largest absolute Gasteiger partial charge is 0.480 e. The van der Waals surface area contributed by atoms with E-state index >= 15 is 0 Å². The zero-order chi connectivity index (χ0) is 20.3. The molecule has 0 saturated heterocycles. The molecular weight excluding hydrogens is 403 g/mol. The van der Waals surface area contributed by atoms with Crippen molar-refractivity contribution in [1.29, 1.82) is 0 Å². The maximum absolute atomic E-state index is 12.2. The second-order valence-electron chi connectivity index (χ2n) is 6.73. The number of hydrogen-bond donors (Lipinski definition) is 2. The third-order valence-electron chi connectivity index (χ3n) is 4.56. The number of ether oxygens (including phenoxy) is 1. The van der Waals surface area contributed by atoms with Crippen LogP contribution in [-0.4, -0.2) is 48.7 Å². The van der Waals surface area contributed by atoms with Crippen molar-refractivity contribution in [3.63, 3.8) is 0 Å². The second kappa shape index (κ2) is 8.92. The van der Waals surface area contributed by atoms with Gasteiger partial charge in [-0.2, -0.15) is 0 Å². The molecule has 1 aliphatic heterocycles. The molecule has 1 amide bonds. The lowest BCUT2D eigenvalue weighted by molar-refractivity contribution is -0.143. The minimum atomic E-state index is -1.12. The lowest BCUT2D eigenvalue weighted by atomic mass is 9.84. The molecular formula is C20H20Cl2N2O4. The number of hydrogen-bond acceptors (Lipinski definition) is 4. The highest BCUT2D eigenvalue weighted by Gasteiger charge is 2.28. The Balaban J connectivity index is 1.89. The first-order valence-electron chi connectivity index (χ1n) is 8.70. The van der Waals surface area contributed by atoms with Gasteiger partial charge in [-0.25, -0.2) is 4.79 Å². The number of anilines is 1. The van der Waals surface area contributed by atoms with E-state index in [1.807, 2.05) is 37.4 Å². The SMILES string of the molecule is CN1Cc2c(Cl)cc(Cl)cc2C(c2ccccc2NC(=O)COCC(=O)O)C1. The van der Waals surface area contributed by atoms with E-state index in [1.165, 1.54) is 0 Å². The Labute approximate surface area is 173 Å². The highest BCUT2D eigenvalue weighted by molar-refractivity contribution is 6.35. The number of carbonyl (C=O) groups excluding carboxylic acids is 1. The summed E-state index contributed by atoms with van der Waals surface area (Å²) in [5.74, 6) is -1.56. The first kappa shape index (κ1) is 20.6. The molecule has 0 fully saturated rings. The summed E-state index contributed by atoms with van der Waals surface area (Å²) >= 11 is 12.7. The van der Waals surface area contributed by atoms with Crippen molar-refractivity contribution in [1.82, 2.24) is 4.90 Å². The summed E-state index contributed by atoms with van der Waals surface area (Å²) in [6, 6.07) is 11.2. The normalized spacial score (nSPS) is 16.5. The molecule has 2 aromatic rings. The van der Waals surface area contributed by atoms with Crippen molar-refractivity contribution in [3.8, 4) is 0 Å². The minimum absolute atomic E-state index is 0.0265. The third kappa shape index (κ3) is 4.83. The smallest absolute Gasteiger partial charge is 0.329 e. The van der Waals surface area contributed by atoms with Crippen LogP contribution in [0.25, 0.3) is 0 Å². The molecule has 148 valence electrons. The van der Waals surface area contributed by atoms with Crippen molar-refractivity contribution in [2.45, 2.75) is 12.5 Å². The summed E-state index contributed by atoms with van der Waals surface area (Å²) in [5.41, 5.74) is 3.64. The topological polar surface area (TPSA) is 78.9 Å². The van der Waals surface area contributed by atoms with Gasteiger partial charge in [-0.15, -0.1) is 0 Å². The summed E-state index contributed by atoms with van der Waals surface area (Å²) in [4.78, 5) is 24.9. The Morgan fingerprint density at radius 1 is 1.21 bits per heavy atom. The van der Waals surface area contributed by atoms with Gasteiger partial charge in [0.1, 0.15) is 13.2 Å². The average molecular weight is 423 g/mol. The number of nitrogens with one attached hydrogen (secondary N) is 1. The second-order valence-corrected chi connectivity index (χ2v) is 7.57. The summed E-state index contributed by atoms with van der Waals surface area (Å²) in [7, 11) is 2.02. The number of carbonyl (C=O) groups is 2. The molecule has 28 heavy (non-hydrogen) atoms. The van der Waals surface area contributed by atoms with E-state index in [2.05, 4.69) is 10.2 Å². The molecule has 8 heteroatoms. The van der Waals surface area contributed by atoms with Crippen LogP contribution in [0.15, 0.2) is 36.4 Å². The van der Waals surface area contributed by atoms with E-state index in [1.54, 1.807) is 6.07 Å². The molecule has 1 aliphatic rings. The first-order chi connectivity index (χ1) is 13.3. The van der Waals surface area contributed by atoms with E-state index in [0.29, 0.717) is 15.7 Å². The van der Waals surface area contributed by atoms with Gasteiger partial charge in [0.05, 0.1) is 0 Å². The van der Waals surface area contributed by atoms with Crippen LogP contribution in [-0.2, 0) is 20.9 Å². The van der Waals surface area contributed by atoms with Crippen LogP contribution >= 0.6 is 23.2 Å². The summed E-state index contributed by atoms with van der Waals surface area (Å²) < 4.78 is 4.86. The predicted octanol–water partition coefficient (Wildman–Crippen LogP) is 3.61. The number of benzene rings is 2. The number of rotatable bonds is 6. The maximum atomic E-state index is 12.2. The fourth-order valence-electron chi connectivity index (χ4n) is 3.44. The summed E-state index contributed by atoms with van der Waals surface area (Å²) in [5, 5.41) is 12.6. The highest BCUT2D eigenvalue weighted by Crippen LogP contribution is 2.40. The molecule has 3 rings (SSSR count). The third-order valence-corrected chi connectivity index (χ3v) is 5.12. The predicted molar refractivity (Wildman–Crippen MR) is 108 cm³/mol. The molecule has 0 aliphatic carbocycles. The van der Waals surface area contributed by atoms with Gasteiger partial charge in [0.15, 0.2) is 0 Å². The van der Waals surface area contributed by atoms with Crippen molar-refractivity contribution in [2.75, 3.05) is 32.1 Å². The number of para-hydroxylation sites is 1. The zero-order valence-electron chi connectivity index (χ0n) is 15.2. The monoisotopic (exact) mass is 422 g/mol. The Morgan fingerprint density at radius 3 is 2.71 bits per heavy atom. The quantitative estimate of drug-likeness (QED) is 0.742. The number of likely N-dealkylation sites (N-methyl/N-ethyl adjacent to an activating group) is 1. The van der Waals surface area contributed by atoms with Crippen molar-refractivity contribution in [3.05, 3.63) is 63.1 Å². The van der Waals surface area contributed by atoms with Crippen LogP contribution < -0.4 is 5.32 Å². The highest BCUT2D eigenvalue weighted by atomic mass is 35.5. The van der Waals surface area contributed by atoms with Gasteiger partial charge in [0, 0.05) is 34.7 Å². The van der Waals surface area contributed by atoms with Crippen LogP contribution in [0.2, 0.25) is 10.0 Å². The molecule has 0 saturated carbocycles. The number of nitrogens with zero attached hydrogens (tertiary/aromatic N) is 1. The molecule has 2 aromatic carbocycles. The van der Waals surface area contributed by atoms with Gasteiger partial charge >= 0.3 is 5.97 Å². The van der Waals surface area contributed by atoms with Crippen LogP contribution in [0, 0.1) is 0 Å². The molecule has 1 heterocycles. The van der Waals surface area contributed by atoms with Gasteiger partial charge in [0.2, 0.25) is 5.91 Å². The fourth-order valence-corrected chi connectivity index (χ4v) is 4.01. The molecule has 1 atom stereocenters. The van der Waals surface area contributed by atoms with E-state index in [9.17, 15) is 9.59 Å². The number of aliphatic carboxylic acids is 1. The van der Waals surface area contributed by atoms with Crippen molar-refractivity contribution < 1.29 is 19.4 Å². The van der Waals surface area contributed by atoms with Gasteiger partial charge in [-0.1, -0.05) is 41.4 Å². The van der Waals surface area contributed by atoms with Gasteiger partial charge in [-0.05, 0) is 41.9 Å². The summed E-state index contributed by atoms with van der Waals surface area (Å²) in [6.45, 7) is 0.609. The molecule has 0 spiro atoms. The number of carboxylic acids is 1. The van der Waals surface area contributed by atoms with Crippen LogP contribution in [0.5, 0.6) is 0 Å². The Hall–Kier alpha value is -2.12.